The third-order valence-electron chi connectivity index (χ3n) is 3.73. The fourth-order valence-corrected chi connectivity index (χ4v) is 2.82. The number of carbonyl (C=O) groups excluding carboxylic acids is 1. The molecule has 2 unspecified atom stereocenters. The minimum atomic E-state index is 0.119. The summed E-state index contributed by atoms with van der Waals surface area (Å²) in [6, 6.07) is 0.485. The molecule has 3 nitrogen and oxygen atoms in total. The van der Waals surface area contributed by atoms with Crippen LogP contribution in [-0.4, -0.2) is 36.5 Å². The Morgan fingerprint density at radius 1 is 1.25 bits per heavy atom. The van der Waals surface area contributed by atoms with Crippen LogP contribution in [0.3, 0.4) is 0 Å². The van der Waals surface area contributed by atoms with Crippen LogP contribution in [-0.2, 0) is 4.79 Å². The zero-order chi connectivity index (χ0) is 11.9. The molecule has 0 aromatic carbocycles. The first-order valence-corrected chi connectivity index (χ1v) is 6.51. The number of rotatable bonds is 4. The molecule has 1 saturated heterocycles. The van der Waals surface area contributed by atoms with Crippen molar-refractivity contribution in [3.8, 4) is 0 Å². The summed E-state index contributed by atoms with van der Waals surface area (Å²) >= 11 is 0. The SMILES string of the molecule is CC(C)CN1CC2C(C1)C2NC(=O)C(C)C. The number of nitrogens with zero attached hydrogens (tertiary/aromatic N) is 1. The Bertz CT molecular complexity index is 263. The van der Waals surface area contributed by atoms with Crippen molar-refractivity contribution in [1.82, 2.24) is 10.2 Å². The number of piperidine rings is 1. The molecule has 1 amide bonds. The van der Waals surface area contributed by atoms with E-state index in [4.69, 9.17) is 0 Å². The van der Waals surface area contributed by atoms with E-state index in [0.29, 0.717) is 6.04 Å². The van der Waals surface area contributed by atoms with Gasteiger partial charge in [0, 0.05) is 31.6 Å². The highest BCUT2D eigenvalue weighted by Gasteiger charge is 2.56. The predicted molar refractivity (Wildman–Crippen MR) is 65.0 cm³/mol. The fraction of sp³-hybridized carbons (Fsp3) is 0.923. The minimum Gasteiger partial charge on any atom is -0.352 e. The van der Waals surface area contributed by atoms with Gasteiger partial charge >= 0.3 is 0 Å². The maximum absolute atomic E-state index is 11.6. The number of nitrogens with one attached hydrogen (secondary N) is 1. The molecule has 2 rings (SSSR count). The van der Waals surface area contributed by atoms with Crippen molar-refractivity contribution in [1.29, 1.82) is 0 Å². The number of likely N-dealkylation sites (tertiary alicyclic amines) is 1. The van der Waals surface area contributed by atoms with Gasteiger partial charge in [0.15, 0.2) is 0 Å². The maximum Gasteiger partial charge on any atom is 0.222 e. The van der Waals surface area contributed by atoms with Gasteiger partial charge in [-0.05, 0) is 17.8 Å². The molecule has 1 N–H and O–H groups in total. The highest BCUT2D eigenvalue weighted by atomic mass is 16.2. The lowest BCUT2D eigenvalue weighted by Gasteiger charge is -2.21. The van der Waals surface area contributed by atoms with Gasteiger partial charge in [-0.3, -0.25) is 4.79 Å². The predicted octanol–water partition coefficient (Wildman–Crippen LogP) is 1.34. The molecule has 1 aliphatic heterocycles. The molecule has 0 radical (unpaired) electrons. The Kier molecular flexibility index (Phi) is 3.24. The first-order valence-electron chi connectivity index (χ1n) is 6.51. The highest BCUT2D eigenvalue weighted by molar-refractivity contribution is 5.78. The van der Waals surface area contributed by atoms with E-state index >= 15 is 0 Å². The summed E-state index contributed by atoms with van der Waals surface area (Å²) in [6.07, 6.45) is 0. The van der Waals surface area contributed by atoms with Crippen LogP contribution in [0.2, 0.25) is 0 Å². The highest BCUT2D eigenvalue weighted by Crippen LogP contribution is 2.45. The standard InChI is InChI=1S/C13H24N2O/c1-8(2)5-15-6-10-11(7-15)12(10)14-13(16)9(3)4/h8-12H,5-7H2,1-4H3,(H,14,16). The van der Waals surface area contributed by atoms with Gasteiger partial charge in [-0.25, -0.2) is 0 Å². The van der Waals surface area contributed by atoms with Gasteiger partial charge in [-0.2, -0.15) is 0 Å². The summed E-state index contributed by atoms with van der Waals surface area (Å²) in [5, 5.41) is 3.16. The Balaban J connectivity index is 1.72. The van der Waals surface area contributed by atoms with Gasteiger partial charge in [0.05, 0.1) is 0 Å². The largest absolute Gasteiger partial charge is 0.352 e. The van der Waals surface area contributed by atoms with E-state index in [1.807, 2.05) is 13.8 Å². The number of hydrogen-bond acceptors (Lipinski definition) is 2. The van der Waals surface area contributed by atoms with Crippen LogP contribution in [0.5, 0.6) is 0 Å². The summed E-state index contributed by atoms with van der Waals surface area (Å²) in [7, 11) is 0. The lowest BCUT2D eigenvalue weighted by molar-refractivity contribution is -0.124. The number of carbonyl (C=O) groups is 1. The van der Waals surface area contributed by atoms with Crippen LogP contribution in [0.1, 0.15) is 27.7 Å². The summed E-state index contributed by atoms with van der Waals surface area (Å²) in [6.45, 7) is 12.0. The number of fused-ring (bicyclic) bond motifs is 1. The number of hydrogen-bond donors (Lipinski definition) is 1. The molecular formula is C13H24N2O. The Morgan fingerprint density at radius 3 is 2.25 bits per heavy atom. The molecular weight excluding hydrogens is 200 g/mol. The molecule has 3 heteroatoms. The van der Waals surface area contributed by atoms with Gasteiger partial charge in [0.1, 0.15) is 0 Å². The van der Waals surface area contributed by atoms with Crippen molar-refractivity contribution in [3.63, 3.8) is 0 Å². The van der Waals surface area contributed by atoms with E-state index in [-0.39, 0.29) is 11.8 Å². The third-order valence-corrected chi connectivity index (χ3v) is 3.73. The zero-order valence-corrected chi connectivity index (χ0v) is 10.9. The summed E-state index contributed by atoms with van der Waals surface area (Å²) in [5.41, 5.74) is 0. The van der Waals surface area contributed by atoms with Crippen molar-refractivity contribution >= 4 is 5.91 Å². The quantitative estimate of drug-likeness (QED) is 0.781. The maximum atomic E-state index is 11.6. The second kappa shape index (κ2) is 4.36. The van der Waals surface area contributed by atoms with Crippen molar-refractivity contribution in [3.05, 3.63) is 0 Å². The van der Waals surface area contributed by atoms with Crippen LogP contribution in [0.25, 0.3) is 0 Å². The monoisotopic (exact) mass is 224 g/mol. The molecule has 0 bridgehead atoms. The van der Waals surface area contributed by atoms with Crippen molar-refractivity contribution in [2.24, 2.45) is 23.7 Å². The fourth-order valence-electron chi connectivity index (χ4n) is 2.82. The molecule has 1 saturated carbocycles. The van der Waals surface area contributed by atoms with Gasteiger partial charge in [0.2, 0.25) is 5.91 Å². The van der Waals surface area contributed by atoms with Gasteiger partial charge < -0.3 is 10.2 Å². The van der Waals surface area contributed by atoms with Crippen LogP contribution < -0.4 is 5.32 Å². The third kappa shape index (κ3) is 2.40. The summed E-state index contributed by atoms with van der Waals surface area (Å²) in [4.78, 5) is 14.1. The molecule has 0 spiro atoms. The van der Waals surface area contributed by atoms with Crippen LogP contribution in [0, 0.1) is 23.7 Å². The summed E-state index contributed by atoms with van der Waals surface area (Å²) in [5.74, 6) is 2.56. The van der Waals surface area contributed by atoms with Gasteiger partial charge in [0.25, 0.3) is 0 Å². The zero-order valence-electron chi connectivity index (χ0n) is 10.9. The molecule has 1 heterocycles. The topological polar surface area (TPSA) is 32.3 Å². The Hall–Kier alpha value is -0.570. The van der Waals surface area contributed by atoms with E-state index in [2.05, 4.69) is 24.1 Å². The molecule has 0 aromatic heterocycles. The molecule has 2 atom stereocenters. The molecule has 16 heavy (non-hydrogen) atoms. The van der Waals surface area contributed by atoms with Crippen molar-refractivity contribution in [2.75, 3.05) is 19.6 Å². The molecule has 1 aliphatic carbocycles. The Labute approximate surface area is 98.6 Å². The van der Waals surface area contributed by atoms with Crippen LogP contribution >= 0.6 is 0 Å². The average Bonchev–Trinajstić information content (AvgIpc) is 2.63. The first-order chi connectivity index (χ1) is 7.49. The molecule has 0 aromatic rings. The minimum absolute atomic E-state index is 0.119. The van der Waals surface area contributed by atoms with E-state index in [1.165, 1.54) is 19.6 Å². The average molecular weight is 224 g/mol. The summed E-state index contributed by atoms with van der Waals surface area (Å²) < 4.78 is 0. The normalized spacial score (nSPS) is 33.2. The molecule has 92 valence electrons. The van der Waals surface area contributed by atoms with Crippen LogP contribution in [0.15, 0.2) is 0 Å². The molecule has 2 aliphatic rings. The van der Waals surface area contributed by atoms with Gasteiger partial charge in [-0.15, -0.1) is 0 Å². The van der Waals surface area contributed by atoms with Gasteiger partial charge in [-0.1, -0.05) is 27.7 Å². The smallest absolute Gasteiger partial charge is 0.222 e. The van der Waals surface area contributed by atoms with E-state index in [1.54, 1.807) is 0 Å². The second-order valence-electron chi connectivity index (χ2n) is 6.13. The van der Waals surface area contributed by atoms with Crippen molar-refractivity contribution < 1.29 is 4.79 Å². The Morgan fingerprint density at radius 2 is 1.81 bits per heavy atom. The van der Waals surface area contributed by atoms with E-state index in [0.717, 1.165) is 17.8 Å². The van der Waals surface area contributed by atoms with Crippen LogP contribution in [0.4, 0.5) is 0 Å². The first kappa shape index (κ1) is 11.9. The lowest BCUT2D eigenvalue weighted by atomic mass is 10.2. The van der Waals surface area contributed by atoms with E-state index < -0.39 is 0 Å². The van der Waals surface area contributed by atoms with E-state index in [9.17, 15) is 4.79 Å². The molecule has 2 fully saturated rings. The number of amides is 1. The lowest BCUT2D eigenvalue weighted by Crippen LogP contribution is -2.37. The second-order valence-corrected chi connectivity index (χ2v) is 6.13. The van der Waals surface area contributed by atoms with Crippen molar-refractivity contribution in [2.45, 2.75) is 33.7 Å².